The molecule has 0 atom stereocenters. The van der Waals surface area contributed by atoms with E-state index in [0.717, 1.165) is 11.1 Å². The molecule has 0 aliphatic carbocycles. The monoisotopic (exact) mass is 366 g/mol. The number of aryl methyl sites for hydroxylation is 1. The first-order chi connectivity index (χ1) is 11.4. The Labute approximate surface area is 147 Å². The van der Waals surface area contributed by atoms with Crippen molar-refractivity contribution in [2.45, 2.75) is 24.2 Å². The van der Waals surface area contributed by atoms with Crippen molar-refractivity contribution in [3.8, 4) is 0 Å². The normalized spacial score (nSPS) is 11.2. The molecule has 0 fully saturated rings. The molecule has 2 aromatic carbocycles. The zero-order valence-electron chi connectivity index (χ0n) is 13.4. The van der Waals surface area contributed by atoms with E-state index >= 15 is 0 Å². The van der Waals surface area contributed by atoms with Crippen LogP contribution in [0.1, 0.15) is 17.5 Å². The third-order valence-electron chi connectivity index (χ3n) is 3.65. The van der Waals surface area contributed by atoms with Gasteiger partial charge in [0.25, 0.3) is 0 Å². The zero-order chi connectivity index (χ0) is 17.6. The number of carbonyl (C=O) groups is 1. The van der Waals surface area contributed by atoms with Crippen LogP contribution in [0.15, 0.2) is 53.4 Å². The molecule has 0 unspecified atom stereocenters. The SMILES string of the molecule is COC(=O)Cc1ccc(CCCS(=O)(=O)c2ccc(Cl)cc2)cc1. The number of rotatable bonds is 7. The van der Waals surface area contributed by atoms with Crippen LogP contribution in [0.3, 0.4) is 0 Å². The van der Waals surface area contributed by atoms with E-state index in [2.05, 4.69) is 4.74 Å². The molecule has 0 aliphatic heterocycles. The summed E-state index contributed by atoms with van der Waals surface area (Å²) < 4.78 is 29.1. The summed E-state index contributed by atoms with van der Waals surface area (Å²) in [5.74, 6) is -0.199. The van der Waals surface area contributed by atoms with Gasteiger partial charge in [0.15, 0.2) is 9.84 Å². The lowest BCUT2D eigenvalue weighted by molar-refractivity contribution is -0.139. The number of ether oxygens (including phenoxy) is 1. The van der Waals surface area contributed by atoms with Crippen molar-refractivity contribution in [2.75, 3.05) is 12.9 Å². The summed E-state index contributed by atoms with van der Waals surface area (Å²) in [5.41, 5.74) is 1.91. The van der Waals surface area contributed by atoms with E-state index in [1.54, 1.807) is 12.1 Å². The molecule has 0 N–H and O–H groups in total. The lowest BCUT2D eigenvalue weighted by atomic mass is 10.1. The summed E-state index contributed by atoms with van der Waals surface area (Å²) in [5, 5.41) is 0.515. The van der Waals surface area contributed by atoms with Gasteiger partial charge in [-0.05, 0) is 48.2 Å². The van der Waals surface area contributed by atoms with E-state index < -0.39 is 9.84 Å². The Morgan fingerprint density at radius 3 is 2.17 bits per heavy atom. The van der Waals surface area contributed by atoms with Gasteiger partial charge in [0.05, 0.1) is 24.2 Å². The predicted molar refractivity (Wildman–Crippen MR) is 94.0 cm³/mol. The van der Waals surface area contributed by atoms with Gasteiger partial charge in [0.1, 0.15) is 0 Å². The smallest absolute Gasteiger partial charge is 0.309 e. The maximum Gasteiger partial charge on any atom is 0.309 e. The number of carbonyl (C=O) groups excluding carboxylic acids is 1. The summed E-state index contributed by atoms with van der Waals surface area (Å²) in [6.45, 7) is 0. The maximum atomic E-state index is 12.2. The van der Waals surface area contributed by atoms with Crippen molar-refractivity contribution in [1.82, 2.24) is 0 Å². The Balaban J connectivity index is 1.89. The van der Waals surface area contributed by atoms with Crippen molar-refractivity contribution >= 4 is 27.4 Å². The first-order valence-electron chi connectivity index (χ1n) is 7.54. The third kappa shape index (κ3) is 5.35. The van der Waals surface area contributed by atoms with Gasteiger partial charge in [-0.3, -0.25) is 4.79 Å². The van der Waals surface area contributed by atoms with Crippen LogP contribution < -0.4 is 0 Å². The van der Waals surface area contributed by atoms with Gasteiger partial charge in [-0.25, -0.2) is 8.42 Å². The number of sulfone groups is 1. The van der Waals surface area contributed by atoms with E-state index in [0.29, 0.717) is 22.8 Å². The van der Waals surface area contributed by atoms with Crippen LogP contribution in [-0.4, -0.2) is 27.2 Å². The first kappa shape index (κ1) is 18.5. The molecule has 4 nitrogen and oxygen atoms in total. The highest BCUT2D eigenvalue weighted by Gasteiger charge is 2.13. The molecule has 0 saturated heterocycles. The van der Waals surface area contributed by atoms with Crippen LogP contribution in [-0.2, 0) is 32.2 Å². The van der Waals surface area contributed by atoms with Gasteiger partial charge in [-0.15, -0.1) is 0 Å². The van der Waals surface area contributed by atoms with E-state index in [4.69, 9.17) is 11.6 Å². The standard InChI is InChI=1S/C18H19ClO4S/c1-23-18(20)13-15-6-4-14(5-7-15)3-2-12-24(21,22)17-10-8-16(19)9-11-17/h4-11H,2-3,12-13H2,1H3. The molecule has 2 rings (SSSR count). The Kier molecular flexibility index (Phi) is 6.40. The molecule has 24 heavy (non-hydrogen) atoms. The highest BCUT2D eigenvalue weighted by Crippen LogP contribution is 2.17. The fourth-order valence-electron chi connectivity index (χ4n) is 2.29. The minimum Gasteiger partial charge on any atom is -0.469 e. The number of halogens is 1. The lowest BCUT2D eigenvalue weighted by Gasteiger charge is -2.06. The molecule has 128 valence electrons. The van der Waals surface area contributed by atoms with Crippen LogP contribution in [0, 0.1) is 0 Å². The molecule has 2 aromatic rings. The fraction of sp³-hybridized carbons (Fsp3) is 0.278. The van der Waals surface area contributed by atoms with E-state index in [9.17, 15) is 13.2 Å². The summed E-state index contributed by atoms with van der Waals surface area (Å²) >= 11 is 5.78. The molecule has 0 saturated carbocycles. The Morgan fingerprint density at radius 2 is 1.58 bits per heavy atom. The van der Waals surface area contributed by atoms with E-state index in [1.807, 2.05) is 24.3 Å². The van der Waals surface area contributed by atoms with Gasteiger partial charge in [-0.2, -0.15) is 0 Å². The van der Waals surface area contributed by atoms with Gasteiger partial charge in [0.2, 0.25) is 0 Å². The average molecular weight is 367 g/mol. The molecule has 0 aliphatic rings. The van der Waals surface area contributed by atoms with Crippen LogP contribution in [0.5, 0.6) is 0 Å². The molecule has 0 aromatic heterocycles. The number of esters is 1. The Morgan fingerprint density at radius 1 is 1.00 bits per heavy atom. The number of methoxy groups -OCH3 is 1. The lowest BCUT2D eigenvalue weighted by Crippen LogP contribution is -2.08. The quantitative estimate of drug-likeness (QED) is 0.704. The zero-order valence-corrected chi connectivity index (χ0v) is 14.9. The van der Waals surface area contributed by atoms with Crippen molar-refractivity contribution in [3.05, 3.63) is 64.7 Å². The van der Waals surface area contributed by atoms with E-state index in [1.165, 1.54) is 19.2 Å². The minimum absolute atomic E-state index is 0.0819. The van der Waals surface area contributed by atoms with E-state index in [-0.39, 0.29) is 18.1 Å². The molecule has 0 heterocycles. The molecule has 6 heteroatoms. The van der Waals surface area contributed by atoms with Crippen molar-refractivity contribution in [3.63, 3.8) is 0 Å². The first-order valence-corrected chi connectivity index (χ1v) is 9.57. The maximum absolute atomic E-state index is 12.2. The minimum atomic E-state index is -3.29. The second kappa shape index (κ2) is 8.31. The summed E-state index contributed by atoms with van der Waals surface area (Å²) in [4.78, 5) is 11.5. The molecular weight excluding hydrogens is 348 g/mol. The number of hydrogen-bond donors (Lipinski definition) is 0. The molecule has 0 amide bonds. The van der Waals surface area contributed by atoms with Gasteiger partial charge < -0.3 is 4.74 Å². The van der Waals surface area contributed by atoms with Crippen LogP contribution >= 0.6 is 11.6 Å². The van der Waals surface area contributed by atoms with Crippen molar-refractivity contribution < 1.29 is 17.9 Å². The van der Waals surface area contributed by atoms with Gasteiger partial charge >= 0.3 is 5.97 Å². The Hall–Kier alpha value is -1.85. The summed E-state index contributed by atoms with van der Waals surface area (Å²) in [6.07, 6.45) is 1.42. The average Bonchev–Trinajstić information content (AvgIpc) is 2.56. The second-order valence-electron chi connectivity index (χ2n) is 5.45. The van der Waals surface area contributed by atoms with Crippen LogP contribution in [0.4, 0.5) is 0 Å². The largest absolute Gasteiger partial charge is 0.469 e. The van der Waals surface area contributed by atoms with Crippen molar-refractivity contribution in [2.24, 2.45) is 0 Å². The van der Waals surface area contributed by atoms with Crippen LogP contribution in [0.2, 0.25) is 5.02 Å². The molecule has 0 spiro atoms. The topological polar surface area (TPSA) is 60.4 Å². The number of hydrogen-bond acceptors (Lipinski definition) is 4. The van der Waals surface area contributed by atoms with Crippen LogP contribution in [0.25, 0.3) is 0 Å². The third-order valence-corrected chi connectivity index (χ3v) is 5.72. The second-order valence-corrected chi connectivity index (χ2v) is 7.99. The Bertz CT molecular complexity index is 781. The fourth-order valence-corrected chi connectivity index (χ4v) is 3.73. The van der Waals surface area contributed by atoms with Gasteiger partial charge in [0, 0.05) is 5.02 Å². The molecule has 0 bridgehead atoms. The number of benzene rings is 2. The summed E-state index contributed by atoms with van der Waals surface area (Å²) in [6, 6.07) is 13.8. The highest BCUT2D eigenvalue weighted by atomic mass is 35.5. The molecule has 0 radical (unpaired) electrons. The van der Waals surface area contributed by atoms with Crippen molar-refractivity contribution in [1.29, 1.82) is 0 Å². The highest BCUT2D eigenvalue weighted by molar-refractivity contribution is 7.91. The van der Waals surface area contributed by atoms with Gasteiger partial charge in [-0.1, -0.05) is 35.9 Å². The summed E-state index contributed by atoms with van der Waals surface area (Å²) in [7, 11) is -1.94. The predicted octanol–water partition coefficient (Wildman–Crippen LogP) is 3.46. The molecular formula is C18H19ClO4S.